The van der Waals surface area contributed by atoms with Crippen molar-refractivity contribution in [2.75, 3.05) is 12.3 Å². The minimum atomic E-state index is -1.01. The average molecular weight is 208 g/mol. The van der Waals surface area contributed by atoms with Crippen LogP contribution >= 0.6 is 0 Å². The maximum Gasteiger partial charge on any atom is 0.338 e. The maximum atomic E-state index is 11.1. The monoisotopic (exact) mass is 208 g/mol. The Labute approximate surface area is 86.9 Å². The van der Waals surface area contributed by atoms with Crippen LogP contribution in [0.4, 0.5) is 5.69 Å². The summed E-state index contributed by atoms with van der Waals surface area (Å²) in [6, 6.07) is 0. The first kappa shape index (κ1) is 9.92. The van der Waals surface area contributed by atoms with Crippen LogP contribution in [0.2, 0.25) is 0 Å². The van der Waals surface area contributed by atoms with Gasteiger partial charge in [0.2, 0.25) is 0 Å². The predicted molar refractivity (Wildman–Crippen MR) is 53.7 cm³/mol. The van der Waals surface area contributed by atoms with Crippen molar-refractivity contribution in [3.05, 3.63) is 22.5 Å². The van der Waals surface area contributed by atoms with E-state index in [-0.39, 0.29) is 17.9 Å². The van der Waals surface area contributed by atoms with Crippen molar-refractivity contribution < 1.29 is 14.6 Å². The second-order valence-electron chi connectivity index (χ2n) is 3.52. The standard InChI is InChI=1S/C10H12N2O3/c1-5-9(11)8(10(13)14)6-4-15-3-2-7(6)12-5/h2-4,11H2,1H3,(H,13,14). The van der Waals surface area contributed by atoms with Gasteiger partial charge in [-0.15, -0.1) is 0 Å². The van der Waals surface area contributed by atoms with Gasteiger partial charge in [0.15, 0.2) is 0 Å². The van der Waals surface area contributed by atoms with Gasteiger partial charge in [-0.05, 0) is 6.92 Å². The number of aromatic nitrogens is 1. The first-order valence-electron chi connectivity index (χ1n) is 4.70. The van der Waals surface area contributed by atoms with Crippen molar-refractivity contribution in [2.45, 2.75) is 20.0 Å². The second-order valence-corrected chi connectivity index (χ2v) is 3.52. The second kappa shape index (κ2) is 3.51. The Balaban J connectivity index is 2.68. The summed E-state index contributed by atoms with van der Waals surface area (Å²) in [6.07, 6.45) is 0.650. The fraction of sp³-hybridized carbons (Fsp3) is 0.400. The van der Waals surface area contributed by atoms with E-state index in [1.807, 2.05) is 0 Å². The van der Waals surface area contributed by atoms with Crippen molar-refractivity contribution in [2.24, 2.45) is 0 Å². The molecule has 0 spiro atoms. The van der Waals surface area contributed by atoms with Gasteiger partial charge in [0.1, 0.15) is 0 Å². The van der Waals surface area contributed by atoms with Crippen molar-refractivity contribution in [1.82, 2.24) is 4.98 Å². The van der Waals surface area contributed by atoms with E-state index in [0.717, 1.165) is 5.69 Å². The number of nitrogens with zero attached hydrogens (tertiary/aromatic N) is 1. The number of hydrogen-bond acceptors (Lipinski definition) is 4. The minimum absolute atomic E-state index is 0.150. The third-order valence-corrected chi connectivity index (χ3v) is 2.56. The van der Waals surface area contributed by atoms with Crippen molar-refractivity contribution >= 4 is 11.7 Å². The van der Waals surface area contributed by atoms with Crippen molar-refractivity contribution in [3.8, 4) is 0 Å². The third kappa shape index (κ3) is 1.55. The number of carboxylic acid groups (broad SMARTS) is 1. The highest BCUT2D eigenvalue weighted by molar-refractivity contribution is 5.96. The van der Waals surface area contributed by atoms with Crippen molar-refractivity contribution in [1.29, 1.82) is 0 Å². The molecule has 1 aromatic heterocycles. The van der Waals surface area contributed by atoms with Crippen LogP contribution in [0.25, 0.3) is 0 Å². The van der Waals surface area contributed by atoms with Gasteiger partial charge < -0.3 is 15.6 Å². The highest BCUT2D eigenvalue weighted by Gasteiger charge is 2.23. The molecular weight excluding hydrogens is 196 g/mol. The predicted octanol–water partition coefficient (Wildman–Crippen LogP) is 0.743. The van der Waals surface area contributed by atoms with Gasteiger partial charge in [0.05, 0.1) is 30.2 Å². The average Bonchev–Trinajstić information content (AvgIpc) is 2.19. The molecule has 0 bridgehead atoms. The number of carboxylic acids is 1. The molecule has 1 aromatic rings. The van der Waals surface area contributed by atoms with Gasteiger partial charge in [-0.25, -0.2) is 4.79 Å². The zero-order chi connectivity index (χ0) is 11.0. The van der Waals surface area contributed by atoms with E-state index >= 15 is 0 Å². The molecule has 0 amide bonds. The summed E-state index contributed by atoms with van der Waals surface area (Å²) >= 11 is 0. The minimum Gasteiger partial charge on any atom is -0.478 e. The summed E-state index contributed by atoms with van der Waals surface area (Å²) in [5, 5.41) is 9.08. The molecule has 0 saturated heterocycles. The molecule has 15 heavy (non-hydrogen) atoms. The summed E-state index contributed by atoms with van der Waals surface area (Å²) in [7, 11) is 0. The van der Waals surface area contributed by atoms with E-state index in [2.05, 4.69) is 4.98 Å². The van der Waals surface area contributed by atoms with Crippen LogP contribution in [0.5, 0.6) is 0 Å². The van der Waals surface area contributed by atoms with Gasteiger partial charge in [0.25, 0.3) is 0 Å². The molecule has 0 saturated carbocycles. The van der Waals surface area contributed by atoms with E-state index in [1.165, 1.54) is 0 Å². The number of rotatable bonds is 1. The van der Waals surface area contributed by atoms with Crippen LogP contribution in [-0.2, 0) is 17.8 Å². The SMILES string of the molecule is Cc1nc2c(c(C(=O)O)c1N)COCC2. The number of aryl methyl sites for hydroxylation is 1. The number of anilines is 1. The Bertz CT molecular complexity index is 429. The van der Waals surface area contributed by atoms with Gasteiger partial charge in [0, 0.05) is 17.7 Å². The Kier molecular flexibility index (Phi) is 2.32. The maximum absolute atomic E-state index is 11.1. The van der Waals surface area contributed by atoms with Gasteiger partial charge in [-0.2, -0.15) is 0 Å². The summed E-state index contributed by atoms with van der Waals surface area (Å²) in [5.41, 5.74) is 8.10. The Hall–Kier alpha value is -1.62. The number of pyridine rings is 1. The van der Waals surface area contributed by atoms with Crippen molar-refractivity contribution in [3.63, 3.8) is 0 Å². The number of nitrogen functional groups attached to an aromatic ring is 1. The molecule has 3 N–H and O–H groups in total. The lowest BCUT2D eigenvalue weighted by atomic mass is 10.0. The summed E-state index contributed by atoms with van der Waals surface area (Å²) in [5.74, 6) is -1.01. The van der Waals surface area contributed by atoms with E-state index in [4.69, 9.17) is 15.6 Å². The molecule has 0 unspecified atom stereocenters. The first-order valence-corrected chi connectivity index (χ1v) is 4.70. The number of aromatic carboxylic acids is 1. The molecule has 0 radical (unpaired) electrons. The third-order valence-electron chi connectivity index (χ3n) is 2.56. The number of hydrogen-bond donors (Lipinski definition) is 2. The van der Waals surface area contributed by atoms with E-state index in [1.54, 1.807) is 6.92 Å². The molecule has 5 heteroatoms. The van der Waals surface area contributed by atoms with Crippen LogP contribution in [0.1, 0.15) is 27.3 Å². The quantitative estimate of drug-likeness (QED) is 0.711. The summed E-state index contributed by atoms with van der Waals surface area (Å²) in [6.45, 7) is 2.59. The van der Waals surface area contributed by atoms with Crippen LogP contribution < -0.4 is 5.73 Å². The smallest absolute Gasteiger partial charge is 0.338 e. The molecule has 80 valence electrons. The van der Waals surface area contributed by atoms with Gasteiger partial charge >= 0.3 is 5.97 Å². The first-order chi connectivity index (χ1) is 7.11. The highest BCUT2D eigenvalue weighted by atomic mass is 16.5. The largest absolute Gasteiger partial charge is 0.478 e. The van der Waals surface area contributed by atoms with Crippen LogP contribution in [0.15, 0.2) is 0 Å². The number of carbonyl (C=O) groups is 1. The fourth-order valence-electron chi connectivity index (χ4n) is 1.77. The molecule has 0 aliphatic carbocycles. The Morgan fingerprint density at radius 1 is 1.60 bits per heavy atom. The lowest BCUT2D eigenvalue weighted by molar-refractivity contribution is 0.0682. The molecular formula is C10H12N2O3. The normalized spacial score (nSPS) is 14.7. The fourth-order valence-corrected chi connectivity index (χ4v) is 1.77. The van der Waals surface area contributed by atoms with Crippen LogP contribution in [-0.4, -0.2) is 22.7 Å². The van der Waals surface area contributed by atoms with E-state index in [9.17, 15) is 4.79 Å². The highest BCUT2D eigenvalue weighted by Crippen LogP contribution is 2.26. The number of nitrogens with two attached hydrogens (primary N) is 1. The molecule has 0 atom stereocenters. The summed E-state index contributed by atoms with van der Waals surface area (Å²) in [4.78, 5) is 15.4. The zero-order valence-electron chi connectivity index (χ0n) is 8.41. The van der Waals surface area contributed by atoms with Gasteiger partial charge in [-0.3, -0.25) is 4.98 Å². The number of ether oxygens (including phenoxy) is 1. The summed E-state index contributed by atoms with van der Waals surface area (Å²) < 4.78 is 5.22. The molecule has 5 nitrogen and oxygen atoms in total. The van der Waals surface area contributed by atoms with E-state index in [0.29, 0.717) is 24.3 Å². The van der Waals surface area contributed by atoms with Crippen LogP contribution in [0.3, 0.4) is 0 Å². The molecule has 2 heterocycles. The Morgan fingerprint density at radius 3 is 3.00 bits per heavy atom. The molecule has 2 rings (SSSR count). The topological polar surface area (TPSA) is 85.4 Å². The molecule has 1 aliphatic heterocycles. The molecule has 1 aliphatic rings. The lowest BCUT2D eigenvalue weighted by Gasteiger charge is -2.19. The molecule has 0 fully saturated rings. The zero-order valence-corrected chi connectivity index (χ0v) is 8.41. The van der Waals surface area contributed by atoms with Gasteiger partial charge in [-0.1, -0.05) is 0 Å². The Morgan fingerprint density at radius 2 is 2.33 bits per heavy atom. The lowest BCUT2D eigenvalue weighted by Crippen LogP contribution is -2.19. The molecule has 0 aromatic carbocycles. The van der Waals surface area contributed by atoms with Crippen LogP contribution in [0, 0.1) is 6.92 Å². The van der Waals surface area contributed by atoms with E-state index < -0.39 is 5.97 Å². The number of fused-ring (bicyclic) bond motifs is 1.